The quantitative estimate of drug-likeness (QED) is 0.399. The molecule has 0 unspecified atom stereocenters. The van der Waals surface area contributed by atoms with E-state index in [1.807, 2.05) is 0 Å². The summed E-state index contributed by atoms with van der Waals surface area (Å²) in [6, 6.07) is 16.0. The minimum atomic E-state index is -3.77. The molecule has 6 nitrogen and oxygen atoms in total. The molecule has 4 rings (SSSR count). The third-order valence-electron chi connectivity index (χ3n) is 5.19. The zero-order valence-electron chi connectivity index (χ0n) is 16.7. The van der Waals surface area contributed by atoms with E-state index in [4.69, 9.17) is 18.2 Å². The molecule has 0 radical (unpaired) electrons. The van der Waals surface area contributed by atoms with Crippen LogP contribution in [0.3, 0.4) is 0 Å². The van der Waals surface area contributed by atoms with E-state index in [1.165, 1.54) is 22.5 Å². The normalized spacial score (nSPS) is 13.2. The van der Waals surface area contributed by atoms with E-state index >= 15 is 0 Å². The second-order valence-electron chi connectivity index (χ2n) is 7.19. The third kappa shape index (κ3) is 4.11. The SMILES string of the molecule is [C-]#[N+]c1ccc(/C=C/c2cccc(S(=O)(=O)N3CCc4cc(Cl)ccc43)c2)c(C(=O)O)c1. The van der Waals surface area contributed by atoms with Crippen LogP contribution in [0.25, 0.3) is 17.0 Å². The maximum absolute atomic E-state index is 13.3. The van der Waals surface area contributed by atoms with Crippen molar-refractivity contribution in [2.75, 3.05) is 10.8 Å². The molecule has 0 saturated heterocycles. The molecule has 1 aliphatic heterocycles. The van der Waals surface area contributed by atoms with Crippen molar-refractivity contribution in [1.82, 2.24) is 0 Å². The van der Waals surface area contributed by atoms with Gasteiger partial charge in [-0.1, -0.05) is 48.0 Å². The van der Waals surface area contributed by atoms with E-state index in [0.717, 1.165) is 5.56 Å². The van der Waals surface area contributed by atoms with Crippen molar-refractivity contribution in [3.63, 3.8) is 0 Å². The topological polar surface area (TPSA) is 79.0 Å². The van der Waals surface area contributed by atoms with E-state index < -0.39 is 16.0 Å². The predicted octanol–water partition coefficient (Wildman–Crippen LogP) is 5.51. The van der Waals surface area contributed by atoms with E-state index in [2.05, 4.69) is 4.85 Å². The number of carboxylic acids is 1. The number of halogens is 1. The van der Waals surface area contributed by atoms with Gasteiger partial charge in [-0.2, -0.15) is 0 Å². The van der Waals surface area contributed by atoms with Crippen molar-refractivity contribution in [1.29, 1.82) is 0 Å². The second-order valence-corrected chi connectivity index (χ2v) is 9.49. The minimum absolute atomic E-state index is 0.00543. The number of hydrogen-bond acceptors (Lipinski definition) is 3. The lowest BCUT2D eigenvalue weighted by molar-refractivity contribution is 0.0696. The molecule has 160 valence electrons. The van der Waals surface area contributed by atoms with E-state index in [1.54, 1.807) is 54.6 Å². The zero-order chi connectivity index (χ0) is 22.9. The smallest absolute Gasteiger partial charge is 0.335 e. The van der Waals surface area contributed by atoms with Crippen LogP contribution in [0, 0.1) is 6.57 Å². The van der Waals surface area contributed by atoms with Gasteiger partial charge in [-0.3, -0.25) is 4.31 Å². The van der Waals surface area contributed by atoms with Crippen molar-refractivity contribution < 1.29 is 18.3 Å². The maximum atomic E-state index is 13.3. The Bertz CT molecular complexity index is 1410. The van der Waals surface area contributed by atoms with Crippen LogP contribution < -0.4 is 4.31 Å². The summed E-state index contributed by atoms with van der Waals surface area (Å²) in [5.74, 6) is -1.14. The van der Waals surface area contributed by atoms with Gasteiger partial charge in [-0.25, -0.2) is 18.1 Å². The lowest BCUT2D eigenvalue weighted by atomic mass is 10.0. The second kappa shape index (κ2) is 8.50. The minimum Gasteiger partial charge on any atom is -0.478 e. The van der Waals surface area contributed by atoms with Crippen LogP contribution in [0.2, 0.25) is 5.02 Å². The van der Waals surface area contributed by atoms with Gasteiger partial charge in [0.15, 0.2) is 5.69 Å². The van der Waals surface area contributed by atoms with Gasteiger partial charge in [0.1, 0.15) is 0 Å². The Morgan fingerprint density at radius 3 is 2.66 bits per heavy atom. The molecule has 0 amide bonds. The van der Waals surface area contributed by atoms with Gasteiger partial charge >= 0.3 is 5.97 Å². The van der Waals surface area contributed by atoms with Crippen molar-refractivity contribution in [3.8, 4) is 0 Å². The first-order chi connectivity index (χ1) is 15.3. The van der Waals surface area contributed by atoms with E-state index in [-0.39, 0.29) is 16.1 Å². The highest BCUT2D eigenvalue weighted by Crippen LogP contribution is 2.34. The summed E-state index contributed by atoms with van der Waals surface area (Å²) in [6.07, 6.45) is 3.83. The van der Waals surface area contributed by atoms with Crippen LogP contribution in [0.5, 0.6) is 0 Å². The Kier molecular flexibility index (Phi) is 5.74. The number of benzene rings is 3. The molecule has 1 N–H and O–H groups in total. The number of nitrogens with zero attached hydrogens (tertiary/aromatic N) is 2. The summed E-state index contributed by atoms with van der Waals surface area (Å²) < 4.78 is 28.0. The number of anilines is 1. The highest BCUT2D eigenvalue weighted by Gasteiger charge is 2.30. The summed E-state index contributed by atoms with van der Waals surface area (Å²) in [7, 11) is -3.77. The van der Waals surface area contributed by atoms with Crippen LogP contribution in [0.4, 0.5) is 11.4 Å². The Hall–Kier alpha value is -3.60. The summed E-state index contributed by atoms with van der Waals surface area (Å²) in [4.78, 5) is 14.9. The lowest BCUT2D eigenvalue weighted by Crippen LogP contribution is -2.29. The molecular weight excluding hydrogens is 448 g/mol. The summed E-state index contributed by atoms with van der Waals surface area (Å²) in [5, 5.41) is 9.99. The first-order valence-corrected chi connectivity index (χ1v) is 11.5. The largest absolute Gasteiger partial charge is 0.478 e. The Labute approximate surface area is 190 Å². The average Bonchev–Trinajstić information content (AvgIpc) is 3.21. The van der Waals surface area contributed by atoms with Gasteiger partial charge in [0.2, 0.25) is 0 Å². The molecule has 0 atom stereocenters. The van der Waals surface area contributed by atoms with Gasteiger partial charge in [-0.15, -0.1) is 0 Å². The fourth-order valence-electron chi connectivity index (χ4n) is 3.63. The van der Waals surface area contributed by atoms with Crippen molar-refractivity contribution in [2.24, 2.45) is 0 Å². The highest BCUT2D eigenvalue weighted by atomic mass is 35.5. The molecule has 0 spiro atoms. The van der Waals surface area contributed by atoms with E-state index in [0.29, 0.717) is 34.8 Å². The van der Waals surface area contributed by atoms with Crippen molar-refractivity contribution in [2.45, 2.75) is 11.3 Å². The Morgan fingerprint density at radius 1 is 1.09 bits per heavy atom. The van der Waals surface area contributed by atoms with Crippen LogP contribution in [0.1, 0.15) is 27.0 Å². The lowest BCUT2D eigenvalue weighted by Gasteiger charge is -2.20. The predicted molar refractivity (Wildman–Crippen MR) is 125 cm³/mol. The molecule has 0 aliphatic carbocycles. The van der Waals surface area contributed by atoms with Crippen LogP contribution in [-0.2, 0) is 16.4 Å². The van der Waals surface area contributed by atoms with Gasteiger partial charge in [0, 0.05) is 11.6 Å². The monoisotopic (exact) mass is 464 g/mol. The molecule has 3 aromatic carbocycles. The van der Waals surface area contributed by atoms with Crippen molar-refractivity contribution in [3.05, 3.63) is 99.4 Å². The molecule has 32 heavy (non-hydrogen) atoms. The third-order valence-corrected chi connectivity index (χ3v) is 7.24. The van der Waals surface area contributed by atoms with Gasteiger partial charge < -0.3 is 5.11 Å². The maximum Gasteiger partial charge on any atom is 0.335 e. The molecule has 1 heterocycles. The molecule has 8 heteroatoms. The molecule has 0 aromatic heterocycles. The number of aromatic carboxylic acids is 1. The first-order valence-electron chi connectivity index (χ1n) is 9.64. The van der Waals surface area contributed by atoms with Crippen molar-refractivity contribution >= 4 is 51.1 Å². The van der Waals surface area contributed by atoms with E-state index in [9.17, 15) is 18.3 Å². The fourth-order valence-corrected chi connectivity index (χ4v) is 5.38. The van der Waals surface area contributed by atoms with Gasteiger partial charge in [0.05, 0.1) is 22.7 Å². The number of hydrogen-bond donors (Lipinski definition) is 1. The fraction of sp³-hybridized carbons (Fsp3) is 0.0833. The number of carboxylic acid groups (broad SMARTS) is 1. The molecule has 0 fully saturated rings. The van der Waals surface area contributed by atoms with Gasteiger partial charge in [0.25, 0.3) is 10.0 Å². The number of sulfonamides is 1. The molecule has 0 saturated carbocycles. The Morgan fingerprint density at radius 2 is 1.91 bits per heavy atom. The number of rotatable bonds is 5. The summed E-state index contributed by atoms with van der Waals surface area (Å²) in [6.45, 7) is 7.38. The van der Waals surface area contributed by atoms with Crippen LogP contribution >= 0.6 is 11.6 Å². The molecule has 0 bridgehead atoms. The molecule has 3 aromatic rings. The van der Waals surface area contributed by atoms with Crippen LogP contribution in [-0.4, -0.2) is 26.0 Å². The van der Waals surface area contributed by atoms with Gasteiger partial charge in [-0.05, 0) is 59.5 Å². The average molecular weight is 465 g/mol. The summed E-state index contributed by atoms with van der Waals surface area (Å²) in [5.41, 5.74) is 2.78. The molecular formula is C24H17ClN2O4S. The zero-order valence-corrected chi connectivity index (χ0v) is 18.3. The molecule has 1 aliphatic rings. The standard InChI is InChI=1S/C24H17ClN2O4S/c1-26-20-9-7-17(22(15-20)24(28)29)6-5-16-3-2-4-21(13-16)32(30,31)27-12-11-18-14-19(25)8-10-23(18)27/h2-10,13-15H,11-12H2,(H,28,29)/b6-5+. The van der Waals surface area contributed by atoms with Crippen LogP contribution in [0.15, 0.2) is 65.6 Å². The first kappa shape index (κ1) is 21.6. The number of fused-ring (bicyclic) bond motifs is 1. The summed E-state index contributed by atoms with van der Waals surface area (Å²) >= 11 is 6.03. The Balaban J connectivity index is 1.66. The number of carbonyl (C=O) groups is 1. The highest BCUT2D eigenvalue weighted by molar-refractivity contribution is 7.92.